The topological polar surface area (TPSA) is 136 Å². The number of sulfonamides is 1. The molecule has 1 unspecified atom stereocenters. The molecule has 0 aromatic heterocycles. The third-order valence-corrected chi connectivity index (χ3v) is 8.12. The second-order valence-corrected chi connectivity index (χ2v) is 10.7. The zero-order valence-corrected chi connectivity index (χ0v) is 19.0. The van der Waals surface area contributed by atoms with Crippen molar-refractivity contribution in [2.75, 3.05) is 28.5 Å². The number of carbonyl (C=O) groups is 3. The van der Waals surface area contributed by atoms with E-state index < -0.39 is 27.9 Å². The number of amides is 3. The number of rotatable bonds is 6. The highest BCUT2D eigenvalue weighted by Crippen LogP contribution is 2.42. The molecule has 2 aromatic carbocycles. The van der Waals surface area contributed by atoms with Crippen LogP contribution in [0.15, 0.2) is 42.5 Å². The lowest BCUT2D eigenvalue weighted by Crippen LogP contribution is -2.42. The van der Waals surface area contributed by atoms with Crippen LogP contribution < -0.4 is 14.9 Å². The first-order valence-electron chi connectivity index (χ1n) is 11.1. The molecule has 1 saturated heterocycles. The summed E-state index contributed by atoms with van der Waals surface area (Å²) in [6.45, 7) is -0.0501. The van der Waals surface area contributed by atoms with Crippen LogP contribution in [0, 0.1) is 0 Å². The van der Waals surface area contributed by atoms with E-state index in [1.165, 1.54) is 22.5 Å². The molecule has 178 valence electrons. The Bertz CT molecular complexity index is 1290. The predicted octanol–water partition coefficient (Wildman–Crippen LogP) is 1.35. The minimum Gasteiger partial charge on any atom is -0.506 e. The van der Waals surface area contributed by atoms with Crippen LogP contribution in [0.25, 0.3) is 0 Å². The SMILES string of the molecule is O=C(CNC(=O)C1c2ccccc2C(=O)N1C1CC1)Nc1cc(N2CCCS2(=O)=O)ccc1O. The number of hydrogen-bond acceptors (Lipinski definition) is 6. The summed E-state index contributed by atoms with van der Waals surface area (Å²) < 4.78 is 25.6. The molecule has 10 nitrogen and oxygen atoms in total. The first-order valence-corrected chi connectivity index (χ1v) is 12.7. The number of hydrogen-bond donors (Lipinski definition) is 3. The molecule has 2 heterocycles. The van der Waals surface area contributed by atoms with Gasteiger partial charge in [0.1, 0.15) is 11.8 Å². The highest BCUT2D eigenvalue weighted by molar-refractivity contribution is 7.93. The van der Waals surface area contributed by atoms with E-state index in [9.17, 15) is 27.9 Å². The molecular weight excluding hydrogens is 460 g/mol. The van der Waals surface area contributed by atoms with E-state index in [0.29, 0.717) is 29.8 Å². The van der Waals surface area contributed by atoms with Gasteiger partial charge in [-0.3, -0.25) is 18.7 Å². The Hall–Kier alpha value is -3.60. The summed E-state index contributed by atoms with van der Waals surface area (Å²) in [6.07, 6.45) is 2.18. The molecule has 2 aromatic rings. The number of nitrogens with one attached hydrogen (secondary N) is 2. The van der Waals surface area contributed by atoms with Gasteiger partial charge in [-0.25, -0.2) is 8.42 Å². The van der Waals surface area contributed by atoms with Gasteiger partial charge in [-0.1, -0.05) is 18.2 Å². The van der Waals surface area contributed by atoms with Gasteiger partial charge < -0.3 is 20.6 Å². The van der Waals surface area contributed by atoms with Crippen LogP contribution in [-0.2, 0) is 19.6 Å². The van der Waals surface area contributed by atoms with Crippen LogP contribution >= 0.6 is 0 Å². The van der Waals surface area contributed by atoms with E-state index in [0.717, 1.165) is 12.8 Å². The molecule has 1 aliphatic carbocycles. The van der Waals surface area contributed by atoms with Crippen LogP contribution in [0.2, 0.25) is 0 Å². The zero-order valence-electron chi connectivity index (χ0n) is 18.2. The largest absolute Gasteiger partial charge is 0.506 e. The Balaban J connectivity index is 1.27. The lowest BCUT2D eigenvalue weighted by Gasteiger charge is -2.24. The molecule has 1 saturated carbocycles. The summed E-state index contributed by atoms with van der Waals surface area (Å²) in [5.74, 6) is -1.41. The second kappa shape index (κ2) is 8.32. The van der Waals surface area contributed by atoms with Gasteiger partial charge in [-0.15, -0.1) is 0 Å². The molecule has 3 amide bonds. The molecule has 0 bridgehead atoms. The Kier molecular flexibility index (Phi) is 5.43. The van der Waals surface area contributed by atoms with Crippen molar-refractivity contribution >= 4 is 39.1 Å². The van der Waals surface area contributed by atoms with Gasteiger partial charge in [0.05, 0.1) is 23.7 Å². The normalized spacial score (nSPS) is 20.8. The number of benzene rings is 2. The number of anilines is 2. The molecule has 3 aliphatic rings. The Labute approximate surface area is 196 Å². The summed E-state index contributed by atoms with van der Waals surface area (Å²) >= 11 is 0. The molecular formula is C23H24N4O6S. The average Bonchev–Trinajstić information content (AvgIpc) is 3.52. The summed E-state index contributed by atoms with van der Waals surface area (Å²) in [5.41, 5.74) is 1.50. The highest BCUT2D eigenvalue weighted by atomic mass is 32.2. The lowest BCUT2D eigenvalue weighted by atomic mass is 10.0. The van der Waals surface area contributed by atoms with Crippen LogP contribution in [0.5, 0.6) is 5.75 Å². The minimum absolute atomic E-state index is 0.0195. The quantitative estimate of drug-likeness (QED) is 0.530. The summed E-state index contributed by atoms with van der Waals surface area (Å²) in [5, 5.41) is 15.2. The van der Waals surface area contributed by atoms with Crippen molar-refractivity contribution < 1.29 is 27.9 Å². The molecule has 0 radical (unpaired) electrons. The molecule has 0 spiro atoms. The maximum absolute atomic E-state index is 13.0. The van der Waals surface area contributed by atoms with E-state index in [1.807, 2.05) is 0 Å². The van der Waals surface area contributed by atoms with E-state index in [2.05, 4.69) is 10.6 Å². The maximum atomic E-state index is 13.0. The molecule has 34 heavy (non-hydrogen) atoms. The molecule has 1 atom stereocenters. The van der Waals surface area contributed by atoms with Crippen molar-refractivity contribution in [3.63, 3.8) is 0 Å². The fourth-order valence-corrected chi connectivity index (χ4v) is 6.06. The second-order valence-electron chi connectivity index (χ2n) is 8.64. The first-order chi connectivity index (χ1) is 16.3. The predicted molar refractivity (Wildman–Crippen MR) is 124 cm³/mol. The Morgan fingerprint density at radius 3 is 2.59 bits per heavy atom. The number of phenolic OH excluding ortho intramolecular Hbond substituents is 1. The molecule has 5 rings (SSSR count). The van der Waals surface area contributed by atoms with Crippen molar-refractivity contribution in [3.8, 4) is 5.75 Å². The van der Waals surface area contributed by atoms with Crippen LogP contribution in [0.1, 0.15) is 41.2 Å². The van der Waals surface area contributed by atoms with Crippen molar-refractivity contribution in [2.24, 2.45) is 0 Å². The number of phenols is 1. The van der Waals surface area contributed by atoms with E-state index in [4.69, 9.17) is 0 Å². The lowest BCUT2D eigenvalue weighted by molar-refractivity contribution is -0.127. The third-order valence-electron chi connectivity index (χ3n) is 6.25. The maximum Gasteiger partial charge on any atom is 0.255 e. The summed E-state index contributed by atoms with van der Waals surface area (Å²) in [6, 6.07) is 10.4. The fraction of sp³-hybridized carbons (Fsp3) is 0.348. The number of fused-ring (bicyclic) bond motifs is 1. The van der Waals surface area contributed by atoms with Gasteiger partial charge in [0.15, 0.2) is 0 Å². The van der Waals surface area contributed by atoms with Gasteiger partial charge in [-0.05, 0) is 49.1 Å². The first kappa shape index (κ1) is 22.2. The highest BCUT2D eigenvalue weighted by Gasteiger charge is 2.47. The van der Waals surface area contributed by atoms with Gasteiger partial charge >= 0.3 is 0 Å². The van der Waals surface area contributed by atoms with E-state index in [-0.39, 0.29) is 35.7 Å². The number of nitrogens with zero attached hydrogens (tertiary/aromatic N) is 2. The van der Waals surface area contributed by atoms with Crippen molar-refractivity contribution in [3.05, 3.63) is 53.6 Å². The fourth-order valence-electron chi connectivity index (χ4n) is 4.50. The van der Waals surface area contributed by atoms with Gasteiger partial charge in [0.25, 0.3) is 5.91 Å². The van der Waals surface area contributed by atoms with Crippen LogP contribution in [0.4, 0.5) is 11.4 Å². The average molecular weight is 485 g/mol. The minimum atomic E-state index is -3.42. The van der Waals surface area contributed by atoms with Crippen molar-refractivity contribution in [2.45, 2.75) is 31.3 Å². The smallest absolute Gasteiger partial charge is 0.255 e. The number of carbonyl (C=O) groups excluding carboxylic acids is 3. The van der Waals surface area contributed by atoms with E-state index >= 15 is 0 Å². The summed E-state index contributed by atoms with van der Waals surface area (Å²) in [7, 11) is -3.42. The van der Waals surface area contributed by atoms with Gasteiger partial charge in [0, 0.05) is 18.2 Å². The number of aromatic hydroxyl groups is 1. The standard InChI is InChI=1S/C23H24N4O6S/c28-19-9-8-15(26-10-3-11-34(26,32)33)12-18(19)25-20(29)13-24-22(30)21-16-4-1-2-5-17(16)23(31)27(21)14-6-7-14/h1-2,4-5,8-9,12,14,21,28H,3,6-7,10-11,13H2,(H,24,30)(H,25,29). The monoisotopic (exact) mass is 484 g/mol. The van der Waals surface area contributed by atoms with Gasteiger partial charge in [-0.2, -0.15) is 0 Å². The molecule has 2 fully saturated rings. The van der Waals surface area contributed by atoms with Crippen molar-refractivity contribution in [1.29, 1.82) is 0 Å². The van der Waals surface area contributed by atoms with Gasteiger partial charge in [0.2, 0.25) is 21.8 Å². The Morgan fingerprint density at radius 1 is 1.12 bits per heavy atom. The Morgan fingerprint density at radius 2 is 1.88 bits per heavy atom. The van der Waals surface area contributed by atoms with Crippen molar-refractivity contribution in [1.82, 2.24) is 10.2 Å². The van der Waals surface area contributed by atoms with Crippen LogP contribution in [0.3, 0.4) is 0 Å². The zero-order chi connectivity index (χ0) is 24.0. The molecule has 11 heteroatoms. The van der Waals surface area contributed by atoms with Crippen LogP contribution in [-0.4, -0.2) is 61.0 Å². The summed E-state index contributed by atoms with van der Waals surface area (Å²) in [4.78, 5) is 39.9. The molecule has 2 aliphatic heterocycles. The van der Waals surface area contributed by atoms with E-state index in [1.54, 1.807) is 29.2 Å². The third kappa shape index (κ3) is 3.96. The molecule has 3 N–H and O–H groups in total.